The van der Waals surface area contributed by atoms with Gasteiger partial charge in [0.25, 0.3) is 5.56 Å². The van der Waals surface area contributed by atoms with Crippen molar-refractivity contribution < 1.29 is 8.78 Å². The van der Waals surface area contributed by atoms with E-state index in [4.69, 9.17) is 6.42 Å². The van der Waals surface area contributed by atoms with Crippen LogP contribution in [-0.2, 0) is 0 Å². The molecule has 2 aromatic heterocycles. The average Bonchev–Trinajstić information content (AvgIpc) is 2.84. The summed E-state index contributed by atoms with van der Waals surface area (Å²) in [7, 11) is 0. The van der Waals surface area contributed by atoms with Crippen LogP contribution in [0.2, 0.25) is 0 Å². The van der Waals surface area contributed by atoms with E-state index in [1.54, 1.807) is 12.3 Å². The van der Waals surface area contributed by atoms with Gasteiger partial charge in [-0.05, 0) is 30.0 Å². The zero-order valence-corrected chi connectivity index (χ0v) is 12.1. The minimum absolute atomic E-state index is 0.210. The van der Waals surface area contributed by atoms with Crippen molar-refractivity contribution in [1.82, 2.24) is 9.55 Å². The van der Waals surface area contributed by atoms with E-state index in [1.807, 2.05) is 5.92 Å². The molecule has 0 atom stereocenters. The number of nitrogens with zero attached hydrogens (tertiary/aromatic N) is 1. The summed E-state index contributed by atoms with van der Waals surface area (Å²) in [5, 5.41) is 1.68. The number of aromatic amines is 1. The Kier molecular flexibility index (Phi) is 3.19. The van der Waals surface area contributed by atoms with Crippen LogP contribution in [0.3, 0.4) is 0 Å². The number of halogens is 2. The van der Waals surface area contributed by atoms with E-state index in [9.17, 15) is 18.4 Å². The molecule has 0 unspecified atom stereocenters. The molecule has 0 amide bonds. The number of aromatic nitrogens is 2. The van der Waals surface area contributed by atoms with Crippen molar-refractivity contribution in [3.8, 4) is 18.0 Å². The van der Waals surface area contributed by atoms with Gasteiger partial charge in [0, 0.05) is 0 Å². The van der Waals surface area contributed by atoms with Crippen LogP contribution in [0.5, 0.6) is 0 Å². The van der Waals surface area contributed by atoms with E-state index in [1.165, 1.54) is 0 Å². The lowest BCUT2D eigenvalue weighted by Gasteiger charge is -2.08. The number of hydrogen-bond donors (Lipinski definition) is 1. The number of rotatable bonds is 1. The number of terminal acetylenes is 1. The van der Waals surface area contributed by atoms with Crippen LogP contribution < -0.4 is 11.2 Å². The number of H-pyrrole nitrogens is 1. The minimum atomic E-state index is -1.12. The molecule has 0 radical (unpaired) electrons. The maximum Gasteiger partial charge on any atom is 0.333 e. The van der Waals surface area contributed by atoms with E-state index in [2.05, 4.69) is 4.98 Å². The third kappa shape index (κ3) is 1.89. The van der Waals surface area contributed by atoms with Crippen molar-refractivity contribution >= 4 is 21.6 Å². The molecular weight excluding hydrogens is 310 g/mol. The fourth-order valence-corrected chi connectivity index (χ4v) is 3.11. The quantitative estimate of drug-likeness (QED) is 0.700. The lowest BCUT2D eigenvalue weighted by molar-refractivity contribution is 0.561. The second kappa shape index (κ2) is 4.93. The summed E-state index contributed by atoms with van der Waals surface area (Å²) in [4.78, 5) is 27.0. The predicted octanol–water partition coefficient (Wildman–Crippen LogP) is 2.31. The Morgan fingerprint density at radius 3 is 2.73 bits per heavy atom. The van der Waals surface area contributed by atoms with Crippen molar-refractivity contribution in [3.05, 3.63) is 61.1 Å². The first kappa shape index (κ1) is 14.2. The molecule has 0 aliphatic heterocycles. The summed E-state index contributed by atoms with van der Waals surface area (Å²) in [6, 6.07) is 1.99. The molecule has 22 heavy (non-hydrogen) atoms. The van der Waals surface area contributed by atoms with Gasteiger partial charge in [0.1, 0.15) is 10.4 Å². The van der Waals surface area contributed by atoms with Gasteiger partial charge in [-0.2, -0.15) is 0 Å². The highest BCUT2D eigenvalue weighted by atomic mass is 32.1. The van der Waals surface area contributed by atoms with Gasteiger partial charge in [0.15, 0.2) is 11.6 Å². The molecule has 110 valence electrons. The number of hydrogen-bond acceptors (Lipinski definition) is 3. The summed E-state index contributed by atoms with van der Waals surface area (Å²) in [5.41, 5.74) is -1.64. The average molecular weight is 318 g/mol. The number of nitrogens with one attached hydrogen (secondary N) is 1. The summed E-state index contributed by atoms with van der Waals surface area (Å²) in [6.07, 6.45) is 5.13. The molecule has 3 aromatic rings. The Labute approximate surface area is 126 Å². The van der Waals surface area contributed by atoms with Crippen LogP contribution in [0.15, 0.2) is 27.1 Å². The number of thiophene rings is 1. The van der Waals surface area contributed by atoms with Crippen molar-refractivity contribution in [2.75, 3.05) is 0 Å². The van der Waals surface area contributed by atoms with Crippen molar-refractivity contribution in [3.63, 3.8) is 0 Å². The van der Waals surface area contributed by atoms with Crippen molar-refractivity contribution in [2.45, 2.75) is 6.92 Å². The van der Waals surface area contributed by atoms with E-state index in [0.717, 1.165) is 23.5 Å². The maximum absolute atomic E-state index is 14.3. The molecule has 2 heterocycles. The van der Waals surface area contributed by atoms with E-state index < -0.39 is 28.6 Å². The first-order valence-electron chi connectivity index (χ1n) is 6.13. The second-order valence-electron chi connectivity index (χ2n) is 4.60. The standard InChI is InChI=1S/C15H8F2N2O2S/c1-3-8-4-5-9(16)12(10(8)17)19-14(20)13-11(18-15(19)21)7(2)6-22-13/h1,4-6H,2H3,(H,18,21). The van der Waals surface area contributed by atoms with E-state index in [0.29, 0.717) is 15.6 Å². The Balaban J connectivity index is 2.50. The summed E-state index contributed by atoms with van der Waals surface area (Å²) in [5.74, 6) is -0.121. The van der Waals surface area contributed by atoms with Crippen LogP contribution in [0.25, 0.3) is 15.9 Å². The zero-order valence-electron chi connectivity index (χ0n) is 11.2. The molecule has 0 aliphatic rings. The van der Waals surface area contributed by atoms with Crippen molar-refractivity contribution in [2.24, 2.45) is 0 Å². The monoisotopic (exact) mass is 318 g/mol. The smallest absolute Gasteiger partial charge is 0.305 e. The molecule has 0 fully saturated rings. The summed E-state index contributed by atoms with van der Waals surface area (Å²) in [6.45, 7) is 1.72. The fraction of sp³-hybridized carbons (Fsp3) is 0.0667. The number of fused-ring (bicyclic) bond motifs is 1. The summed E-state index contributed by atoms with van der Waals surface area (Å²) >= 11 is 1.09. The number of benzene rings is 1. The molecule has 0 saturated carbocycles. The third-order valence-corrected chi connectivity index (χ3v) is 4.34. The molecule has 1 aromatic carbocycles. The van der Waals surface area contributed by atoms with Gasteiger partial charge in [-0.25, -0.2) is 18.1 Å². The Morgan fingerprint density at radius 1 is 1.32 bits per heavy atom. The molecule has 0 bridgehead atoms. The van der Waals surface area contributed by atoms with Gasteiger partial charge in [-0.1, -0.05) is 5.92 Å². The lowest BCUT2D eigenvalue weighted by atomic mass is 10.2. The first-order chi connectivity index (χ1) is 10.5. The van der Waals surface area contributed by atoms with E-state index in [-0.39, 0.29) is 10.3 Å². The second-order valence-corrected chi connectivity index (χ2v) is 5.48. The first-order valence-corrected chi connectivity index (χ1v) is 7.01. The van der Waals surface area contributed by atoms with Gasteiger partial charge in [0.05, 0.1) is 11.1 Å². The van der Waals surface area contributed by atoms with Crippen LogP contribution in [-0.4, -0.2) is 9.55 Å². The Hall–Kier alpha value is -2.72. The molecule has 0 spiro atoms. The highest BCUT2D eigenvalue weighted by Crippen LogP contribution is 2.22. The SMILES string of the molecule is C#Cc1ccc(F)c(-n2c(=O)[nH]c3c(C)csc3c2=O)c1F. The topological polar surface area (TPSA) is 54.9 Å². The third-order valence-electron chi connectivity index (χ3n) is 3.25. The van der Waals surface area contributed by atoms with Crippen LogP contribution in [0.4, 0.5) is 8.78 Å². The molecule has 1 N–H and O–H groups in total. The number of aryl methyl sites for hydroxylation is 1. The van der Waals surface area contributed by atoms with Crippen LogP contribution in [0.1, 0.15) is 11.1 Å². The van der Waals surface area contributed by atoms with Gasteiger partial charge >= 0.3 is 5.69 Å². The zero-order chi connectivity index (χ0) is 16.0. The molecule has 0 aliphatic carbocycles. The molecule has 0 saturated heterocycles. The fourth-order valence-electron chi connectivity index (χ4n) is 2.17. The van der Waals surface area contributed by atoms with Gasteiger partial charge in [-0.3, -0.25) is 4.79 Å². The van der Waals surface area contributed by atoms with E-state index >= 15 is 0 Å². The van der Waals surface area contributed by atoms with Crippen LogP contribution >= 0.6 is 11.3 Å². The lowest BCUT2D eigenvalue weighted by Crippen LogP contribution is -2.34. The highest BCUT2D eigenvalue weighted by Gasteiger charge is 2.20. The van der Waals surface area contributed by atoms with Gasteiger partial charge in [-0.15, -0.1) is 17.8 Å². The predicted molar refractivity (Wildman–Crippen MR) is 80.6 cm³/mol. The van der Waals surface area contributed by atoms with Gasteiger partial charge in [0.2, 0.25) is 0 Å². The van der Waals surface area contributed by atoms with Crippen LogP contribution in [0, 0.1) is 30.9 Å². The summed E-state index contributed by atoms with van der Waals surface area (Å²) < 4.78 is 28.9. The Morgan fingerprint density at radius 2 is 2.05 bits per heavy atom. The maximum atomic E-state index is 14.3. The van der Waals surface area contributed by atoms with Crippen molar-refractivity contribution in [1.29, 1.82) is 0 Å². The molecular formula is C15H8F2N2O2S. The largest absolute Gasteiger partial charge is 0.333 e. The molecule has 7 heteroatoms. The minimum Gasteiger partial charge on any atom is -0.305 e. The highest BCUT2D eigenvalue weighted by molar-refractivity contribution is 7.17. The Bertz CT molecular complexity index is 1070. The normalized spacial score (nSPS) is 10.8. The molecule has 4 nitrogen and oxygen atoms in total. The molecule has 3 rings (SSSR count). The van der Waals surface area contributed by atoms with Gasteiger partial charge < -0.3 is 4.98 Å².